The molecule has 0 aliphatic carbocycles. The van der Waals surface area contributed by atoms with Crippen LogP contribution < -0.4 is 11.1 Å². The van der Waals surface area contributed by atoms with E-state index in [0.717, 1.165) is 29.9 Å². The van der Waals surface area contributed by atoms with Gasteiger partial charge in [0.05, 0.1) is 11.0 Å². The Labute approximate surface area is 234 Å². The van der Waals surface area contributed by atoms with E-state index in [4.69, 9.17) is 5.73 Å². The molecule has 0 spiro atoms. The number of nitrogens with one attached hydrogen (secondary N) is 1. The molecule has 3 nitrogen and oxygen atoms in total. The molecule has 4 aromatic carbocycles. The topological polar surface area (TPSA) is 43.0 Å². The molecular formula is C36H43N3. The zero-order valence-corrected chi connectivity index (χ0v) is 23.7. The Balaban J connectivity index is 1.49. The van der Waals surface area contributed by atoms with Gasteiger partial charge >= 0.3 is 0 Å². The van der Waals surface area contributed by atoms with E-state index in [1.807, 2.05) is 24.3 Å². The number of unbranched alkanes of at least 4 members (excludes halogenated alkanes) is 6. The van der Waals surface area contributed by atoms with Crippen LogP contribution in [0.15, 0.2) is 84.9 Å². The molecule has 0 bridgehead atoms. The van der Waals surface area contributed by atoms with Gasteiger partial charge in [-0.05, 0) is 110 Å². The lowest BCUT2D eigenvalue weighted by atomic mass is 10.0. The Hall–Kier alpha value is -3.72. The molecule has 0 saturated carbocycles. The van der Waals surface area contributed by atoms with Gasteiger partial charge < -0.3 is 15.6 Å². The van der Waals surface area contributed by atoms with Crippen molar-refractivity contribution in [1.82, 2.24) is 4.57 Å². The fourth-order valence-corrected chi connectivity index (χ4v) is 5.65. The normalized spacial score (nSPS) is 11.4. The molecule has 0 radical (unpaired) electrons. The van der Waals surface area contributed by atoms with Crippen molar-refractivity contribution < 1.29 is 0 Å². The fraction of sp³-hybridized carbons (Fsp3) is 0.333. The van der Waals surface area contributed by atoms with Crippen molar-refractivity contribution in [2.75, 3.05) is 11.1 Å². The minimum absolute atomic E-state index is 0.774. The summed E-state index contributed by atoms with van der Waals surface area (Å²) in [6.07, 6.45) is 12.7. The molecule has 0 amide bonds. The number of aryl methyl sites for hydroxylation is 2. The van der Waals surface area contributed by atoms with Crippen LogP contribution in [0.2, 0.25) is 0 Å². The lowest BCUT2D eigenvalue weighted by Crippen LogP contribution is -1.96. The van der Waals surface area contributed by atoms with Crippen molar-refractivity contribution in [2.45, 2.75) is 78.1 Å². The standard InChI is InChI=1S/C36H43N3/c1-3-5-7-9-11-27-13-23-35-33(25-27)34-26-28(12-10-8-6-4-2)14-24-36(34)39(35)32-21-19-31(20-22-32)38-30-17-15-29(37)16-18-30/h13-26,38H,3-12,37H2,1-2H3. The number of aromatic nitrogens is 1. The summed E-state index contributed by atoms with van der Waals surface area (Å²) in [6.45, 7) is 4.56. The number of rotatable bonds is 13. The Bertz CT molecular complexity index is 1420. The van der Waals surface area contributed by atoms with E-state index in [1.165, 1.54) is 90.0 Å². The van der Waals surface area contributed by atoms with Crippen molar-refractivity contribution in [3.8, 4) is 5.69 Å². The summed E-state index contributed by atoms with van der Waals surface area (Å²) in [5.41, 5.74) is 15.4. The first-order valence-electron chi connectivity index (χ1n) is 14.9. The minimum Gasteiger partial charge on any atom is -0.399 e. The largest absolute Gasteiger partial charge is 0.399 e. The molecule has 39 heavy (non-hydrogen) atoms. The van der Waals surface area contributed by atoms with E-state index in [1.54, 1.807) is 0 Å². The van der Waals surface area contributed by atoms with Crippen LogP contribution >= 0.6 is 0 Å². The van der Waals surface area contributed by atoms with Gasteiger partial charge in [-0.2, -0.15) is 0 Å². The first-order chi connectivity index (χ1) is 19.2. The predicted octanol–water partition coefficient (Wildman–Crippen LogP) is 10.4. The first kappa shape index (κ1) is 26.9. The highest BCUT2D eigenvalue weighted by Gasteiger charge is 2.14. The Morgan fingerprint density at radius 2 is 1.05 bits per heavy atom. The summed E-state index contributed by atoms with van der Waals surface area (Å²) in [7, 11) is 0. The number of anilines is 3. The first-order valence-corrected chi connectivity index (χ1v) is 14.9. The highest BCUT2D eigenvalue weighted by molar-refractivity contribution is 6.09. The third-order valence-corrected chi connectivity index (χ3v) is 7.86. The van der Waals surface area contributed by atoms with Crippen LogP contribution in [0.1, 0.15) is 76.3 Å². The maximum absolute atomic E-state index is 5.85. The fourth-order valence-electron chi connectivity index (χ4n) is 5.65. The average molecular weight is 518 g/mol. The van der Waals surface area contributed by atoms with E-state index in [-0.39, 0.29) is 0 Å². The van der Waals surface area contributed by atoms with Gasteiger partial charge in [0.25, 0.3) is 0 Å². The second-order valence-electron chi connectivity index (χ2n) is 11.0. The van der Waals surface area contributed by atoms with E-state index < -0.39 is 0 Å². The van der Waals surface area contributed by atoms with Gasteiger partial charge in [0.15, 0.2) is 0 Å². The second-order valence-corrected chi connectivity index (χ2v) is 11.0. The van der Waals surface area contributed by atoms with Gasteiger partial charge in [0.2, 0.25) is 0 Å². The number of hydrogen-bond acceptors (Lipinski definition) is 2. The number of hydrogen-bond donors (Lipinski definition) is 2. The van der Waals surface area contributed by atoms with Crippen LogP contribution in [0.3, 0.4) is 0 Å². The van der Waals surface area contributed by atoms with Crippen molar-refractivity contribution in [3.63, 3.8) is 0 Å². The van der Waals surface area contributed by atoms with Gasteiger partial charge in [0.1, 0.15) is 0 Å². The highest BCUT2D eigenvalue weighted by atomic mass is 15.0. The SMILES string of the molecule is CCCCCCc1ccc2c(c1)c1cc(CCCCCC)ccc1n2-c1ccc(Nc2ccc(N)cc2)cc1. The van der Waals surface area contributed by atoms with Gasteiger partial charge in [-0.15, -0.1) is 0 Å². The number of nitrogen functional groups attached to an aromatic ring is 1. The van der Waals surface area contributed by atoms with Crippen LogP contribution in [0.4, 0.5) is 17.1 Å². The van der Waals surface area contributed by atoms with Crippen LogP contribution in [0, 0.1) is 0 Å². The highest BCUT2D eigenvalue weighted by Crippen LogP contribution is 2.34. The molecule has 5 rings (SSSR count). The molecule has 0 saturated heterocycles. The molecule has 0 aliphatic heterocycles. The number of fused-ring (bicyclic) bond motifs is 3. The Kier molecular flexibility index (Phi) is 8.88. The third kappa shape index (κ3) is 6.47. The summed E-state index contributed by atoms with van der Waals surface area (Å²) < 4.78 is 2.43. The summed E-state index contributed by atoms with van der Waals surface area (Å²) in [4.78, 5) is 0. The van der Waals surface area contributed by atoms with Crippen molar-refractivity contribution >= 4 is 38.9 Å². The molecule has 0 aliphatic rings. The molecule has 202 valence electrons. The Morgan fingerprint density at radius 1 is 0.564 bits per heavy atom. The second kappa shape index (κ2) is 12.9. The molecular weight excluding hydrogens is 474 g/mol. The number of nitrogens with two attached hydrogens (primary N) is 1. The summed E-state index contributed by atoms with van der Waals surface area (Å²) in [5.74, 6) is 0. The van der Waals surface area contributed by atoms with Crippen molar-refractivity contribution in [1.29, 1.82) is 0 Å². The number of benzene rings is 4. The average Bonchev–Trinajstić information content (AvgIpc) is 3.28. The van der Waals surface area contributed by atoms with Gasteiger partial charge in [-0.1, -0.05) is 64.5 Å². The molecule has 3 N–H and O–H groups in total. The van der Waals surface area contributed by atoms with E-state index in [2.05, 4.69) is 84.4 Å². The zero-order valence-electron chi connectivity index (χ0n) is 23.7. The van der Waals surface area contributed by atoms with Gasteiger partial charge in [0, 0.05) is 33.5 Å². The summed E-state index contributed by atoms with van der Waals surface area (Å²) in [5, 5.41) is 6.23. The van der Waals surface area contributed by atoms with E-state index >= 15 is 0 Å². The van der Waals surface area contributed by atoms with Crippen LogP contribution in [0.25, 0.3) is 27.5 Å². The van der Waals surface area contributed by atoms with Gasteiger partial charge in [-0.25, -0.2) is 0 Å². The summed E-state index contributed by atoms with van der Waals surface area (Å²) >= 11 is 0. The monoisotopic (exact) mass is 517 g/mol. The molecule has 1 aromatic heterocycles. The molecule has 0 unspecified atom stereocenters. The molecule has 5 aromatic rings. The van der Waals surface area contributed by atoms with Crippen LogP contribution in [-0.2, 0) is 12.8 Å². The van der Waals surface area contributed by atoms with Gasteiger partial charge in [-0.3, -0.25) is 0 Å². The molecule has 0 fully saturated rings. The van der Waals surface area contributed by atoms with Crippen molar-refractivity contribution in [3.05, 3.63) is 96.1 Å². The lowest BCUT2D eigenvalue weighted by molar-refractivity contribution is 0.667. The van der Waals surface area contributed by atoms with E-state index in [0.29, 0.717) is 0 Å². The van der Waals surface area contributed by atoms with Crippen molar-refractivity contribution in [2.24, 2.45) is 0 Å². The zero-order chi connectivity index (χ0) is 27.0. The van der Waals surface area contributed by atoms with Crippen LogP contribution in [0.5, 0.6) is 0 Å². The predicted molar refractivity (Wildman–Crippen MR) is 171 cm³/mol. The minimum atomic E-state index is 0.774. The quantitative estimate of drug-likeness (QED) is 0.120. The molecule has 3 heteroatoms. The Morgan fingerprint density at radius 3 is 1.54 bits per heavy atom. The smallest absolute Gasteiger partial charge is 0.0541 e. The molecule has 0 atom stereocenters. The maximum atomic E-state index is 5.85. The summed E-state index contributed by atoms with van der Waals surface area (Å²) in [6, 6.07) is 30.9. The van der Waals surface area contributed by atoms with Crippen LogP contribution in [-0.4, -0.2) is 4.57 Å². The molecule has 1 heterocycles. The van der Waals surface area contributed by atoms with E-state index in [9.17, 15) is 0 Å². The third-order valence-electron chi connectivity index (χ3n) is 7.86. The maximum Gasteiger partial charge on any atom is 0.0541 e. The lowest BCUT2D eigenvalue weighted by Gasteiger charge is -2.11. The number of nitrogens with zero attached hydrogens (tertiary/aromatic N) is 1.